The molecule has 0 radical (unpaired) electrons. The lowest BCUT2D eigenvalue weighted by Gasteiger charge is -2.28. The van der Waals surface area contributed by atoms with E-state index >= 15 is 0 Å². The third-order valence-electron chi connectivity index (χ3n) is 3.88. The van der Waals surface area contributed by atoms with Crippen LogP contribution in [0.25, 0.3) is 0 Å². The zero-order chi connectivity index (χ0) is 17.6. The highest BCUT2D eigenvalue weighted by atomic mass is 16.6. The fourth-order valence-electron chi connectivity index (χ4n) is 2.50. The summed E-state index contributed by atoms with van der Waals surface area (Å²) in [7, 11) is 5.08. The standard InChI is InChI=1S/C17H28N4O2/c1-7-8-15-14(17(22)20-23-6)9-13(10-21(15)5)16(19-4)11(2)12(3)18/h8-12H,7,18H2,1-6H3,(H,20,22)/b15-8+,19-16?. The normalized spacial score (nSPS) is 20.0. The second kappa shape index (κ2) is 8.64. The van der Waals surface area contributed by atoms with E-state index in [0.29, 0.717) is 5.57 Å². The molecule has 1 aliphatic heterocycles. The Hall–Kier alpha value is -1.92. The maximum atomic E-state index is 12.3. The van der Waals surface area contributed by atoms with Crippen molar-refractivity contribution in [2.45, 2.75) is 33.2 Å². The first-order chi connectivity index (χ1) is 10.9. The van der Waals surface area contributed by atoms with E-state index in [-0.39, 0.29) is 17.9 Å². The summed E-state index contributed by atoms with van der Waals surface area (Å²) in [4.78, 5) is 23.4. The molecule has 0 bridgehead atoms. The molecule has 128 valence electrons. The highest BCUT2D eigenvalue weighted by Gasteiger charge is 2.25. The van der Waals surface area contributed by atoms with Crippen LogP contribution in [0.3, 0.4) is 0 Å². The SMILES string of the molecule is CC/C=C1\C(C(=O)NOC)=CC(C(=NC)C(C)C(C)N)=CN1C. The van der Waals surface area contributed by atoms with Crippen molar-refractivity contribution in [2.75, 3.05) is 21.2 Å². The molecule has 1 amide bonds. The van der Waals surface area contributed by atoms with Crippen LogP contribution in [0.2, 0.25) is 0 Å². The van der Waals surface area contributed by atoms with Gasteiger partial charge in [0.1, 0.15) is 0 Å². The predicted octanol–water partition coefficient (Wildman–Crippen LogP) is 1.77. The molecule has 0 aromatic rings. The van der Waals surface area contributed by atoms with E-state index in [9.17, 15) is 4.79 Å². The fraction of sp³-hybridized carbons (Fsp3) is 0.529. The van der Waals surface area contributed by atoms with Gasteiger partial charge >= 0.3 is 0 Å². The number of hydroxylamine groups is 1. The number of likely N-dealkylation sites (N-methyl/N-ethyl adjacent to an activating group) is 1. The van der Waals surface area contributed by atoms with E-state index in [2.05, 4.69) is 10.5 Å². The molecule has 0 aliphatic carbocycles. The Balaban J connectivity index is 3.32. The Morgan fingerprint density at radius 3 is 2.65 bits per heavy atom. The topological polar surface area (TPSA) is 79.9 Å². The first-order valence-corrected chi connectivity index (χ1v) is 7.80. The largest absolute Gasteiger partial charge is 0.350 e. The molecule has 2 unspecified atom stereocenters. The summed E-state index contributed by atoms with van der Waals surface area (Å²) in [6.07, 6.45) is 6.65. The summed E-state index contributed by atoms with van der Waals surface area (Å²) in [6, 6.07) is -0.0304. The van der Waals surface area contributed by atoms with Gasteiger partial charge in [-0.15, -0.1) is 0 Å². The minimum atomic E-state index is -0.284. The van der Waals surface area contributed by atoms with E-state index in [4.69, 9.17) is 10.6 Å². The lowest BCUT2D eigenvalue weighted by atomic mass is 9.90. The van der Waals surface area contributed by atoms with E-state index < -0.39 is 0 Å². The molecule has 0 fully saturated rings. The second-order valence-electron chi connectivity index (χ2n) is 5.64. The highest BCUT2D eigenvalue weighted by molar-refractivity contribution is 6.08. The number of nitrogens with one attached hydrogen (secondary N) is 1. The smallest absolute Gasteiger partial charge is 0.276 e. The molecule has 1 aliphatic rings. The van der Waals surface area contributed by atoms with Gasteiger partial charge < -0.3 is 10.6 Å². The zero-order valence-corrected chi connectivity index (χ0v) is 14.9. The monoisotopic (exact) mass is 320 g/mol. The average molecular weight is 320 g/mol. The van der Waals surface area contributed by atoms with Crippen molar-refractivity contribution in [3.05, 3.63) is 35.2 Å². The first kappa shape index (κ1) is 19.1. The van der Waals surface area contributed by atoms with Crippen molar-refractivity contribution >= 4 is 11.6 Å². The second-order valence-corrected chi connectivity index (χ2v) is 5.64. The number of carbonyl (C=O) groups is 1. The third-order valence-corrected chi connectivity index (χ3v) is 3.88. The van der Waals surface area contributed by atoms with Crippen LogP contribution < -0.4 is 11.2 Å². The Morgan fingerprint density at radius 1 is 1.52 bits per heavy atom. The van der Waals surface area contributed by atoms with E-state index in [1.807, 2.05) is 51.1 Å². The predicted molar refractivity (Wildman–Crippen MR) is 93.6 cm³/mol. The molecule has 1 rings (SSSR count). The van der Waals surface area contributed by atoms with Crippen LogP contribution in [-0.2, 0) is 9.63 Å². The number of hydrogen-bond acceptors (Lipinski definition) is 5. The minimum absolute atomic E-state index is 0.0304. The van der Waals surface area contributed by atoms with Crippen LogP contribution in [0.1, 0.15) is 27.2 Å². The molecular weight excluding hydrogens is 292 g/mol. The molecule has 0 aromatic heterocycles. The summed E-state index contributed by atoms with van der Waals surface area (Å²) in [5.41, 5.74) is 11.6. The summed E-state index contributed by atoms with van der Waals surface area (Å²) in [5.74, 6) is -0.201. The third kappa shape index (κ3) is 4.53. The number of amides is 1. The molecule has 0 aromatic carbocycles. The van der Waals surface area contributed by atoms with Gasteiger partial charge in [0, 0.05) is 49.2 Å². The first-order valence-electron chi connectivity index (χ1n) is 7.80. The van der Waals surface area contributed by atoms with Gasteiger partial charge in [0.15, 0.2) is 0 Å². The van der Waals surface area contributed by atoms with Crippen molar-refractivity contribution < 1.29 is 9.63 Å². The number of hydrogen-bond donors (Lipinski definition) is 2. The zero-order valence-electron chi connectivity index (χ0n) is 14.9. The summed E-state index contributed by atoms with van der Waals surface area (Å²) < 4.78 is 0. The minimum Gasteiger partial charge on any atom is -0.350 e. The van der Waals surface area contributed by atoms with Crippen molar-refractivity contribution in [1.82, 2.24) is 10.4 Å². The molecule has 6 heteroatoms. The molecule has 2 atom stereocenters. The summed E-state index contributed by atoms with van der Waals surface area (Å²) in [5, 5.41) is 0. The van der Waals surface area contributed by atoms with Gasteiger partial charge in [-0.05, 0) is 19.4 Å². The molecule has 3 N–H and O–H groups in total. The van der Waals surface area contributed by atoms with Crippen LogP contribution in [0, 0.1) is 5.92 Å². The number of carbonyl (C=O) groups excluding carboxylic acids is 1. The molecule has 1 heterocycles. The van der Waals surface area contributed by atoms with Gasteiger partial charge in [-0.25, -0.2) is 5.48 Å². The van der Waals surface area contributed by atoms with Gasteiger partial charge in [0.2, 0.25) is 0 Å². The molecule has 0 spiro atoms. The number of rotatable bonds is 6. The van der Waals surface area contributed by atoms with E-state index in [0.717, 1.165) is 23.4 Å². The van der Waals surface area contributed by atoms with Crippen LogP contribution in [-0.4, -0.2) is 43.8 Å². The number of nitrogens with two attached hydrogens (primary N) is 1. The lowest BCUT2D eigenvalue weighted by Crippen LogP contribution is -2.34. The molecule has 0 saturated heterocycles. The Kier molecular flexibility index (Phi) is 7.19. The quantitative estimate of drug-likeness (QED) is 0.577. The fourth-order valence-corrected chi connectivity index (χ4v) is 2.50. The summed E-state index contributed by atoms with van der Waals surface area (Å²) >= 11 is 0. The Bertz CT molecular complexity index is 559. The van der Waals surface area contributed by atoms with E-state index in [1.165, 1.54) is 7.11 Å². The van der Waals surface area contributed by atoms with Gasteiger partial charge in [-0.3, -0.25) is 14.6 Å². The number of allylic oxidation sites excluding steroid dienone is 3. The van der Waals surface area contributed by atoms with Gasteiger partial charge in [0.05, 0.1) is 12.7 Å². The molecule has 6 nitrogen and oxygen atoms in total. The van der Waals surface area contributed by atoms with Crippen LogP contribution in [0.5, 0.6) is 0 Å². The molecular formula is C17H28N4O2. The van der Waals surface area contributed by atoms with Crippen molar-refractivity contribution in [2.24, 2.45) is 16.6 Å². The molecule has 23 heavy (non-hydrogen) atoms. The number of nitrogens with zero attached hydrogens (tertiary/aromatic N) is 2. The Labute approximate surface area is 138 Å². The summed E-state index contributed by atoms with van der Waals surface area (Å²) in [6.45, 7) is 6.02. The number of aliphatic imine (C=N–C) groups is 1. The van der Waals surface area contributed by atoms with Crippen molar-refractivity contribution in [3.8, 4) is 0 Å². The average Bonchev–Trinajstić information content (AvgIpc) is 2.50. The van der Waals surface area contributed by atoms with Gasteiger partial charge in [-0.1, -0.05) is 19.9 Å². The maximum absolute atomic E-state index is 12.3. The van der Waals surface area contributed by atoms with Crippen LogP contribution >= 0.6 is 0 Å². The lowest BCUT2D eigenvalue weighted by molar-refractivity contribution is -0.127. The van der Waals surface area contributed by atoms with Crippen LogP contribution in [0.4, 0.5) is 0 Å². The highest BCUT2D eigenvalue weighted by Crippen LogP contribution is 2.26. The van der Waals surface area contributed by atoms with Gasteiger partial charge in [0.25, 0.3) is 5.91 Å². The van der Waals surface area contributed by atoms with Gasteiger partial charge in [-0.2, -0.15) is 0 Å². The Morgan fingerprint density at radius 2 is 2.17 bits per heavy atom. The van der Waals surface area contributed by atoms with Crippen molar-refractivity contribution in [3.63, 3.8) is 0 Å². The maximum Gasteiger partial charge on any atom is 0.276 e. The molecule has 0 saturated carbocycles. The van der Waals surface area contributed by atoms with Crippen molar-refractivity contribution in [1.29, 1.82) is 0 Å². The van der Waals surface area contributed by atoms with E-state index in [1.54, 1.807) is 7.05 Å². The van der Waals surface area contributed by atoms with Crippen LogP contribution in [0.15, 0.2) is 40.2 Å².